The van der Waals surface area contributed by atoms with Crippen molar-refractivity contribution in [3.8, 4) is 0 Å². The molecule has 8 nitrogen and oxygen atoms in total. The Kier molecular flexibility index (Phi) is 4.42. The summed E-state index contributed by atoms with van der Waals surface area (Å²) >= 11 is 0. The van der Waals surface area contributed by atoms with E-state index in [1.807, 2.05) is 0 Å². The highest BCUT2D eigenvalue weighted by atomic mass is 32.2. The first kappa shape index (κ1) is 16.4. The monoisotopic (exact) mass is 304 g/mol. The lowest BCUT2D eigenvalue weighted by Crippen LogP contribution is -2.39. The molecule has 0 saturated carbocycles. The molecule has 1 heterocycles. The Balaban J connectivity index is 3.32. The molecule has 2 N–H and O–H groups in total. The van der Waals surface area contributed by atoms with Gasteiger partial charge in [0.2, 0.25) is 14.9 Å². The van der Waals surface area contributed by atoms with Crippen LogP contribution in [-0.2, 0) is 24.9 Å². The largest absolute Gasteiger partial charge is 0.464 e. The van der Waals surface area contributed by atoms with Crippen LogP contribution in [0.25, 0.3) is 0 Å². The second kappa shape index (κ2) is 5.39. The standard InChI is InChI=1S/C11H20N4O4S/c1-6-19-10(16)11(4,5)15-8(12)9(13-14-15)20(17,18)7(2)3/h7H,6,12H2,1-5H3. The Labute approximate surface area is 118 Å². The summed E-state index contributed by atoms with van der Waals surface area (Å²) < 4.78 is 30.1. The maximum Gasteiger partial charge on any atom is 0.333 e. The molecule has 0 aliphatic heterocycles. The number of esters is 1. The van der Waals surface area contributed by atoms with Crippen LogP contribution in [0.4, 0.5) is 5.82 Å². The third kappa shape index (κ3) is 2.62. The number of sulfone groups is 1. The lowest BCUT2D eigenvalue weighted by Gasteiger charge is -2.23. The summed E-state index contributed by atoms with van der Waals surface area (Å²) in [6, 6.07) is 0. The number of carbonyl (C=O) groups excluding carboxylic acids is 1. The van der Waals surface area contributed by atoms with E-state index in [1.165, 1.54) is 27.7 Å². The smallest absolute Gasteiger partial charge is 0.333 e. The number of aromatic nitrogens is 3. The van der Waals surface area contributed by atoms with Gasteiger partial charge in [0.05, 0.1) is 11.9 Å². The molecule has 0 atom stereocenters. The molecular formula is C11H20N4O4S. The highest BCUT2D eigenvalue weighted by molar-refractivity contribution is 7.92. The van der Waals surface area contributed by atoms with Crippen LogP contribution < -0.4 is 5.73 Å². The van der Waals surface area contributed by atoms with E-state index in [9.17, 15) is 13.2 Å². The zero-order valence-electron chi connectivity index (χ0n) is 12.2. The highest BCUT2D eigenvalue weighted by Gasteiger charge is 2.37. The molecule has 0 aromatic carbocycles. The van der Waals surface area contributed by atoms with Gasteiger partial charge in [0.25, 0.3) is 0 Å². The van der Waals surface area contributed by atoms with Gasteiger partial charge in [0.15, 0.2) is 11.4 Å². The number of ether oxygens (including phenoxy) is 1. The number of hydrogen-bond donors (Lipinski definition) is 1. The summed E-state index contributed by atoms with van der Waals surface area (Å²) in [4.78, 5) is 11.9. The van der Waals surface area contributed by atoms with Crippen molar-refractivity contribution < 1.29 is 17.9 Å². The molecule has 0 aliphatic carbocycles. The van der Waals surface area contributed by atoms with Gasteiger partial charge >= 0.3 is 5.97 Å². The molecule has 1 aromatic rings. The van der Waals surface area contributed by atoms with E-state index in [2.05, 4.69) is 10.3 Å². The summed E-state index contributed by atoms with van der Waals surface area (Å²) in [5, 5.41) is 6.32. The van der Waals surface area contributed by atoms with Crippen molar-refractivity contribution in [1.29, 1.82) is 0 Å². The number of hydrogen-bond acceptors (Lipinski definition) is 7. The Hall–Kier alpha value is -1.64. The van der Waals surface area contributed by atoms with Crippen LogP contribution in [0.15, 0.2) is 5.03 Å². The minimum atomic E-state index is -3.66. The predicted molar refractivity (Wildman–Crippen MR) is 72.7 cm³/mol. The third-order valence-corrected chi connectivity index (χ3v) is 4.94. The minimum Gasteiger partial charge on any atom is -0.464 e. The van der Waals surface area contributed by atoms with Gasteiger partial charge in [-0.05, 0) is 34.6 Å². The quantitative estimate of drug-likeness (QED) is 0.779. The maximum atomic E-state index is 12.1. The SMILES string of the molecule is CCOC(=O)C(C)(C)n1nnc(S(=O)(=O)C(C)C)c1N. The number of anilines is 1. The van der Waals surface area contributed by atoms with Crippen LogP contribution in [0.5, 0.6) is 0 Å². The van der Waals surface area contributed by atoms with E-state index in [4.69, 9.17) is 10.5 Å². The van der Waals surface area contributed by atoms with Crippen molar-refractivity contribution in [3.63, 3.8) is 0 Å². The molecule has 0 aliphatic rings. The van der Waals surface area contributed by atoms with Gasteiger partial charge in [-0.25, -0.2) is 17.9 Å². The van der Waals surface area contributed by atoms with E-state index in [0.717, 1.165) is 4.68 Å². The molecule has 0 unspecified atom stereocenters. The zero-order chi connectivity index (χ0) is 15.7. The van der Waals surface area contributed by atoms with Crippen LogP contribution in [0.1, 0.15) is 34.6 Å². The minimum absolute atomic E-state index is 0.170. The first-order valence-corrected chi connectivity index (χ1v) is 7.74. The molecule has 0 bridgehead atoms. The summed E-state index contributed by atoms with van der Waals surface area (Å²) in [6.45, 7) is 7.97. The van der Waals surface area contributed by atoms with Crippen LogP contribution in [-0.4, -0.2) is 41.2 Å². The van der Waals surface area contributed by atoms with Crippen molar-refractivity contribution in [2.24, 2.45) is 0 Å². The fourth-order valence-corrected chi connectivity index (χ4v) is 2.48. The summed E-state index contributed by atoms with van der Waals surface area (Å²) in [7, 11) is -3.66. The van der Waals surface area contributed by atoms with Crippen molar-refractivity contribution in [2.45, 2.75) is 50.4 Å². The van der Waals surface area contributed by atoms with Crippen molar-refractivity contribution in [1.82, 2.24) is 15.0 Å². The van der Waals surface area contributed by atoms with Crippen LogP contribution in [0.2, 0.25) is 0 Å². The predicted octanol–water partition coefficient (Wildman–Crippen LogP) is 0.341. The van der Waals surface area contributed by atoms with Gasteiger partial charge in [-0.3, -0.25) is 0 Å². The first-order chi connectivity index (χ1) is 9.06. The number of carbonyl (C=O) groups is 1. The molecule has 9 heteroatoms. The molecule has 20 heavy (non-hydrogen) atoms. The molecule has 1 rings (SSSR count). The molecule has 0 amide bonds. The lowest BCUT2D eigenvalue weighted by molar-refractivity contribution is -0.152. The highest BCUT2D eigenvalue weighted by Crippen LogP contribution is 2.26. The Bertz CT molecular complexity index is 604. The maximum absolute atomic E-state index is 12.1. The fourth-order valence-electron chi connectivity index (χ4n) is 1.51. The van der Waals surface area contributed by atoms with Gasteiger partial charge in [-0.1, -0.05) is 5.21 Å². The zero-order valence-corrected chi connectivity index (χ0v) is 13.1. The number of nitrogens with two attached hydrogens (primary N) is 1. The average molecular weight is 304 g/mol. The fraction of sp³-hybridized carbons (Fsp3) is 0.727. The molecule has 0 radical (unpaired) electrons. The second-order valence-corrected chi connectivity index (χ2v) is 7.48. The van der Waals surface area contributed by atoms with E-state index in [-0.39, 0.29) is 17.5 Å². The number of nitrogen functional groups attached to an aromatic ring is 1. The average Bonchev–Trinajstić information content (AvgIpc) is 2.72. The molecule has 1 aromatic heterocycles. The topological polar surface area (TPSA) is 117 Å². The summed E-state index contributed by atoms with van der Waals surface area (Å²) in [5.41, 5.74) is 4.56. The molecule has 0 spiro atoms. The molecule has 114 valence electrons. The molecule has 0 saturated heterocycles. The van der Waals surface area contributed by atoms with E-state index in [1.54, 1.807) is 6.92 Å². The van der Waals surface area contributed by atoms with Crippen LogP contribution in [0.3, 0.4) is 0 Å². The second-order valence-electron chi connectivity index (χ2n) is 5.06. The number of rotatable bonds is 5. The van der Waals surface area contributed by atoms with Gasteiger partial charge < -0.3 is 10.5 Å². The molecule has 0 fully saturated rings. The Morgan fingerprint density at radius 2 is 2.00 bits per heavy atom. The van der Waals surface area contributed by atoms with Gasteiger partial charge in [-0.2, -0.15) is 0 Å². The summed E-state index contributed by atoms with van der Waals surface area (Å²) in [5.74, 6) is -0.734. The van der Waals surface area contributed by atoms with Crippen LogP contribution >= 0.6 is 0 Å². The third-order valence-electron chi connectivity index (χ3n) is 2.87. The van der Waals surface area contributed by atoms with E-state index < -0.39 is 26.6 Å². The number of nitrogens with zero attached hydrogens (tertiary/aromatic N) is 3. The van der Waals surface area contributed by atoms with Crippen molar-refractivity contribution in [3.05, 3.63) is 0 Å². The van der Waals surface area contributed by atoms with E-state index in [0.29, 0.717) is 0 Å². The van der Waals surface area contributed by atoms with Gasteiger partial charge in [-0.15, -0.1) is 5.10 Å². The van der Waals surface area contributed by atoms with E-state index >= 15 is 0 Å². The van der Waals surface area contributed by atoms with Gasteiger partial charge in [0, 0.05) is 0 Å². The van der Waals surface area contributed by atoms with Crippen LogP contribution in [0, 0.1) is 0 Å². The summed E-state index contributed by atoms with van der Waals surface area (Å²) in [6.07, 6.45) is 0. The molecular weight excluding hydrogens is 284 g/mol. The Morgan fingerprint density at radius 1 is 1.45 bits per heavy atom. The Morgan fingerprint density at radius 3 is 2.45 bits per heavy atom. The normalized spacial score (nSPS) is 12.7. The van der Waals surface area contributed by atoms with Crippen molar-refractivity contribution >= 4 is 21.6 Å². The van der Waals surface area contributed by atoms with Gasteiger partial charge in [0.1, 0.15) is 0 Å². The lowest BCUT2D eigenvalue weighted by atomic mass is 10.1. The van der Waals surface area contributed by atoms with Crippen molar-refractivity contribution in [2.75, 3.05) is 12.3 Å². The first-order valence-electron chi connectivity index (χ1n) is 6.19.